The van der Waals surface area contributed by atoms with Crippen LogP contribution in [0, 0.1) is 0 Å². The second-order valence-corrected chi connectivity index (χ2v) is 5.38. The molecule has 0 amide bonds. The van der Waals surface area contributed by atoms with Gasteiger partial charge in [0.25, 0.3) is 0 Å². The molecule has 2 rings (SSSR count). The van der Waals surface area contributed by atoms with Crippen molar-refractivity contribution in [1.82, 2.24) is 0 Å². The summed E-state index contributed by atoms with van der Waals surface area (Å²) in [6.45, 7) is 0. The van der Waals surface area contributed by atoms with E-state index < -0.39 is 0 Å². The van der Waals surface area contributed by atoms with Crippen LogP contribution in [0.2, 0.25) is 10.0 Å². The molecule has 14 heavy (non-hydrogen) atoms. The van der Waals surface area contributed by atoms with Crippen molar-refractivity contribution in [3.63, 3.8) is 0 Å². The van der Waals surface area contributed by atoms with Crippen molar-refractivity contribution in [2.75, 3.05) is 4.31 Å². The molecule has 0 bridgehead atoms. The van der Waals surface area contributed by atoms with E-state index in [1.807, 2.05) is 28.7 Å². The number of anilines is 1. The van der Waals surface area contributed by atoms with Crippen molar-refractivity contribution in [2.24, 2.45) is 0 Å². The molecular formula is C9H6Cl3NS. The number of nitrogens with zero attached hydrogens (tertiary/aromatic N) is 1. The first kappa shape index (κ1) is 10.5. The second kappa shape index (κ2) is 4.23. The Balaban J connectivity index is 2.25. The second-order valence-electron chi connectivity index (χ2n) is 2.72. The van der Waals surface area contributed by atoms with Gasteiger partial charge in [-0.1, -0.05) is 23.2 Å². The van der Waals surface area contributed by atoms with Crippen molar-refractivity contribution in [3.05, 3.63) is 40.5 Å². The summed E-state index contributed by atoms with van der Waals surface area (Å²) < 4.78 is 1.95. The molecule has 1 unspecified atom stereocenters. The highest BCUT2D eigenvalue weighted by Gasteiger charge is 2.16. The first-order chi connectivity index (χ1) is 6.66. The molecule has 1 aliphatic rings. The highest BCUT2D eigenvalue weighted by Crippen LogP contribution is 2.36. The number of hydrogen-bond acceptors (Lipinski definition) is 2. The van der Waals surface area contributed by atoms with Crippen molar-refractivity contribution < 1.29 is 0 Å². The predicted octanol–water partition coefficient (Wildman–Crippen LogP) is 4.54. The predicted molar refractivity (Wildman–Crippen MR) is 65.3 cm³/mol. The molecule has 0 spiro atoms. The third kappa shape index (κ3) is 2.14. The normalized spacial score (nSPS) is 20.5. The molecule has 0 aliphatic carbocycles. The van der Waals surface area contributed by atoms with Gasteiger partial charge in [0, 0.05) is 6.20 Å². The van der Waals surface area contributed by atoms with Gasteiger partial charge in [0.15, 0.2) is 0 Å². The van der Waals surface area contributed by atoms with E-state index in [4.69, 9.17) is 34.8 Å². The van der Waals surface area contributed by atoms with Crippen LogP contribution in [-0.2, 0) is 0 Å². The largest absolute Gasteiger partial charge is 0.290 e. The lowest BCUT2D eigenvalue weighted by Crippen LogP contribution is -2.01. The van der Waals surface area contributed by atoms with E-state index in [0.717, 1.165) is 5.69 Å². The average molecular weight is 267 g/mol. The van der Waals surface area contributed by atoms with Gasteiger partial charge in [-0.3, -0.25) is 4.31 Å². The Morgan fingerprint density at radius 1 is 1.21 bits per heavy atom. The van der Waals surface area contributed by atoms with Gasteiger partial charge >= 0.3 is 0 Å². The summed E-state index contributed by atoms with van der Waals surface area (Å²) in [5.74, 6) is 0. The van der Waals surface area contributed by atoms with E-state index in [0.29, 0.717) is 10.0 Å². The topological polar surface area (TPSA) is 3.24 Å². The Morgan fingerprint density at radius 2 is 2.00 bits per heavy atom. The van der Waals surface area contributed by atoms with Gasteiger partial charge in [-0.15, -0.1) is 11.6 Å². The zero-order valence-corrected chi connectivity index (χ0v) is 10.0. The molecule has 74 valence electrons. The van der Waals surface area contributed by atoms with Gasteiger partial charge in [0.05, 0.1) is 15.7 Å². The Hall–Kier alpha value is -0.0200. The average Bonchev–Trinajstić information content (AvgIpc) is 2.57. The van der Waals surface area contributed by atoms with E-state index >= 15 is 0 Å². The van der Waals surface area contributed by atoms with E-state index in [1.165, 1.54) is 11.9 Å². The van der Waals surface area contributed by atoms with Crippen molar-refractivity contribution in [1.29, 1.82) is 0 Å². The number of benzene rings is 1. The Bertz CT molecular complexity index is 380. The summed E-state index contributed by atoms with van der Waals surface area (Å²) in [4.78, 5) is 0. The zero-order valence-electron chi connectivity index (χ0n) is 6.95. The van der Waals surface area contributed by atoms with E-state index in [1.54, 1.807) is 6.07 Å². The van der Waals surface area contributed by atoms with Gasteiger partial charge in [-0.05, 0) is 36.2 Å². The molecule has 1 nitrogen and oxygen atoms in total. The van der Waals surface area contributed by atoms with Gasteiger partial charge in [-0.25, -0.2) is 0 Å². The monoisotopic (exact) mass is 265 g/mol. The Morgan fingerprint density at radius 3 is 2.57 bits per heavy atom. The summed E-state index contributed by atoms with van der Waals surface area (Å²) in [5, 5.41) is 1.11. The first-order valence-electron chi connectivity index (χ1n) is 3.90. The van der Waals surface area contributed by atoms with Gasteiger partial charge < -0.3 is 0 Å². The van der Waals surface area contributed by atoms with Crippen LogP contribution in [0.15, 0.2) is 30.5 Å². The smallest absolute Gasteiger partial charge is 0.119 e. The van der Waals surface area contributed by atoms with Crippen LogP contribution in [0.3, 0.4) is 0 Å². The molecule has 0 saturated heterocycles. The van der Waals surface area contributed by atoms with Gasteiger partial charge in [0.2, 0.25) is 0 Å². The maximum Gasteiger partial charge on any atom is 0.119 e. The minimum absolute atomic E-state index is 0.00977. The summed E-state index contributed by atoms with van der Waals surface area (Å²) >= 11 is 19.1. The maximum absolute atomic E-state index is 5.90. The lowest BCUT2D eigenvalue weighted by molar-refractivity contribution is 1.47. The lowest BCUT2D eigenvalue weighted by Gasteiger charge is -2.15. The molecule has 0 saturated carbocycles. The minimum Gasteiger partial charge on any atom is -0.290 e. The third-order valence-electron chi connectivity index (χ3n) is 1.74. The first-order valence-corrected chi connectivity index (χ1v) is 5.93. The number of halogens is 3. The van der Waals surface area contributed by atoms with Crippen LogP contribution < -0.4 is 4.31 Å². The van der Waals surface area contributed by atoms with Crippen LogP contribution in [0.25, 0.3) is 0 Å². The van der Waals surface area contributed by atoms with Gasteiger partial charge in [0.1, 0.15) is 4.71 Å². The van der Waals surface area contributed by atoms with Crippen molar-refractivity contribution in [2.45, 2.75) is 4.71 Å². The summed E-state index contributed by atoms with van der Waals surface area (Å²) in [7, 11) is 0. The van der Waals surface area contributed by atoms with E-state index in [9.17, 15) is 0 Å². The van der Waals surface area contributed by atoms with Gasteiger partial charge in [-0.2, -0.15) is 0 Å². The number of alkyl halides is 1. The number of hydrogen-bond donors (Lipinski definition) is 0. The van der Waals surface area contributed by atoms with E-state index in [-0.39, 0.29) is 4.71 Å². The molecule has 0 aromatic heterocycles. The van der Waals surface area contributed by atoms with Crippen LogP contribution in [0.4, 0.5) is 5.69 Å². The Kier molecular flexibility index (Phi) is 3.17. The fourth-order valence-corrected chi connectivity index (χ4v) is 2.44. The molecule has 1 aromatic rings. The van der Waals surface area contributed by atoms with Crippen molar-refractivity contribution in [3.8, 4) is 0 Å². The molecule has 1 atom stereocenters. The fraction of sp³-hybridized carbons (Fsp3) is 0.111. The third-order valence-corrected chi connectivity index (χ3v) is 3.79. The quantitative estimate of drug-likeness (QED) is 0.542. The molecule has 1 heterocycles. The highest BCUT2D eigenvalue weighted by molar-refractivity contribution is 8.02. The van der Waals surface area contributed by atoms with Crippen LogP contribution in [0.5, 0.6) is 0 Å². The Labute approximate surface area is 102 Å². The lowest BCUT2D eigenvalue weighted by atomic mass is 10.3. The molecule has 5 heteroatoms. The maximum atomic E-state index is 5.90. The molecule has 1 aromatic carbocycles. The van der Waals surface area contributed by atoms with Crippen LogP contribution >= 0.6 is 46.8 Å². The number of rotatable bonds is 1. The summed E-state index contributed by atoms with van der Waals surface area (Å²) in [6.07, 6.45) is 3.83. The fourth-order valence-electron chi connectivity index (χ4n) is 1.09. The molecule has 0 N–H and O–H groups in total. The SMILES string of the molecule is Clc1ccc(N2C=CC(Cl)S2)cc1Cl. The van der Waals surface area contributed by atoms with E-state index in [2.05, 4.69) is 0 Å². The zero-order chi connectivity index (χ0) is 10.1. The highest BCUT2D eigenvalue weighted by atomic mass is 35.5. The molecule has 1 aliphatic heterocycles. The molecule has 0 radical (unpaired) electrons. The van der Waals surface area contributed by atoms with Crippen LogP contribution in [0.1, 0.15) is 0 Å². The molecular weight excluding hydrogens is 261 g/mol. The minimum atomic E-state index is -0.00977. The van der Waals surface area contributed by atoms with Crippen LogP contribution in [-0.4, -0.2) is 4.71 Å². The summed E-state index contributed by atoms with van der Waals surface area (Å²) in [5.41, 5.74) is 0.976. The summed E-state index contributed by atoms with van der Waals surface area (Å²) in [6, 6.07) is 5.49. The standard InChI is InChI=1S/C9H6Cl3NS/c10-7-2-1-6(5-8(7)11)13-4-3-9(12)14-13/h1-5,9H. The molecule has 0 fully saturated rings. The van der Waals surface area contributed by atoms with Crippen molar-refractivity contribution >= 4 is 52.4 Å².